The normalized spacial score (nSPS) is 38.8. The molecule has 2 saturated carbocycles. The van der Waals surface area contributed by atoms with E-state index in [9.17, 15) is 9.59 Å². The van der Waals surface area contributed by atoms with Gasteiger partial charge in [-0.15, -0.1) is 0 Å². The maximum atomic E-state index is 11.0. The van der Waals surface area contributed by atoms with Crippen molar-refractivity contribution >= 4 is 11.6 Å². The zero-order chi connectivity index (χ0) is 7.14. The molecule has 2 atom stereocenters. The van der Waals surface area contributed by atoms with E-state index in [1.54, 1.807) is 0 Å². The van der Waals surface area contributed by atoms with Gasteiger partial charge >= 0.3 is 0 Å². The highest BCUT2D eigenvalue weighted by molar-refractivity contribution is 6.40. The molecule has 0 aromatic heterocycles. The molecule has 10 heavy (non-hydrogen) atoms. The summed E-state index contributed by atoms with van der Waals surface area (Å²) in [5.41, 5.74) is 0. The van der Waals surface area contributed by atoms with E-state index in [-0.39, 0.29) is 23.4 Å². The third-order valence-corrected chi connectivity index (χ3v) is 2.66. The van der Waals surface area contributed by atoms with Gasteiger partial charge in [-0.3, -0.25) is 9.59 Å². The number of carbonyl (C=O) groups excluding carboxylic acids is 2. The smallest absolute Gasteiger partial charge is 0.201 e. The lowest BCUT2D eigenvalue weighted by Gasteiger charge is -2.13. The third kappa shape index (κ3) is 0.648. The first-order valence-corrected chi connectivity index (χ1v) is 3.87. The quantitative estimate of drug-likeness (QED) is 0.467. The fourth-order valence-electron chi connectivity index (χ4n) is 2.07. The van der Waals surface area contributed by atoms with E-state index in [1.807, 2.05) is 0 Å². The minimum Gasteiger partial charge on any atom is -0.291 e. The molecule has 0 heterocycles. The Balaban J connectivity index is 2.29. The summed E-state index contributed by atoms with van der Waals surface area (Å²) in [4.78, 5) is 22.1. The summed E-state index contributed by atoms with van der Waals surface area (Å²) in [6.45, 7) is 0. The summed E-state index contributed by atoms with van der Waals surface area (Å²) in [6, 6.07) is 0. The lowest BCUT2D eigenvalue weighted by atomic mass is 9.89. The van der Waals surface area contributed by atoms with Crippen LogP contribution in [-0.2, 0) is 9.59 Å². The Bertz CT molecular complexity index is 175. The highest BCUT2D eigenvalue weighted by atomic mass is 16.2. The summed E-state index contributed by atoms with van der Waals surface area (Å²) >= 11 is 0. The van der Waals surface area contributed by atoms with Gasteiger partial charge in [0.25, 0.3) is 0 Å². The Kier molecular flexibility index (Phi) is 1.16. The molecule has 0 aromatic carbocycles. The third-order valence-electron chi connectivity index (χ3n) is 2.66. The fourth-order valence-corrected chi connectivity index (χ4v) is 2.07. The van der Waals surface area contributed by atoms with Gasteiger partial charge in [-0.2, -0.15) is 0 Å². The van der Waals surface area contributed by atoms with Crippen LogP contribution in [0.25, 0.3) is 0 Å². The van der Waals surface area contributed by atoms with Gasteiger partial charge in [0.1, 0.15) is 0 Å². The van der Waals surface area contributed by atoms with Crippen molar-refractivity contribution in [2.24, 2.45) is 11.8 Å². The minimum absolute atomic E-state index is 0.0810. The van der Waals surface area contributed by atoms with Gasteiger partial charge in [-0.25, -0.2) is 0 Å². The molecule has 2 bridgehead atoms. The first-order chi connectivity index (χ1) is 4.79. The average Bonchev–Trinajstić information content (AvgIpc) is 2.17. The zero-order valence-electron chi connectivity index (χ0n) is 5.80. The Morgan fingerprint density at radius 1 is 1.00 bits per heavy atom. The largest absolute Gasteiger partial charge is 0.291 e. The second-order valence-corrected chi connectivity index (χ2v) is 3.29. The van der Waals surface area contributed by atoms with Crippen molar-refractivity contribution in [1.82, 2.24) is 0 Å². The molecule has 2 fully saturated rings. The maximum Gasteiger partial charge on any atom is 0.201 e. The molecule has 0 spiro atoms. The second-order valence-electron chi connectivity index (χ2n) is 3.29. The van der Waals surface area contributed by atoms with Crippen molar-refractivity contribution in [3.05, 3.63) is 0 Å². The van der Waals surface area contributed by atoms with Crippen LogP contribution in [0.5, 0.6) is 0 Å². The molecule has 2 nitrogen and oxygen atoms in total. The van der Waals surface area contributed by atoms with E-state index in [4.69, 9.17) is 0 Å². The van der Waals surface area contributed by atoms with E-state index in [1.165, 1.54) is 0 Å². The van der Waals surface area contributed by atoms with E-state index in [2.05, 4.69) is 0 Å². The number of fused-ring (bicyclic) bond motifs is 2. The van der Waals surface area contributed by atoms with E-state index < -0.39 is 0 Å². The molecule has 2 aliphatic rings. The first-order valence-electron chi connectivity index (χ1n) is 3.87. The summed E-state index contributed by atoms with van der Waals surface area (Å²) in [5, 5.41) is 0. The Labute approximate surface area is 59.6 Å². The van der Waals surface area contributed by atoms with Crippen molar-refractivity contribution in [2.45, 2.75) is 25.7 Å². The number of ketones is 2. The molecular formula is C8H10O2. The van der Waals surface area contributed by atoms with E-state index in [0.29, 0.717) is 0 Å². The van der Waals surface area contributed by atoms with Crippen molar-refractivity contribution in [3.8, 4) is 0 Å². The fraction of sp³-hybridized carbons (Fsp3) is 0.750. The van der Waals surface area contributed by atoms with Gasteiger partial charge in [0.2, 0.25) is 11.6 Å². The van der Waals surface area contributed by atoms with Crippen molar-refractivity contribution in [2.75, 3.05) is 0 Å². The van der Waals surface area contributed by atoms with Crippen LogP contribution in [0.1, 0.15) is 25.7 Å². The molecular weight excluding hydrogens is 128 g/mol. The Hall–Kier alpha value is -0.660. The predicted molar refractivity (Wildman–Crippen MR) is 35.5 cm³/mol. The molecule has 2 aliphatic carbocycles. The number of carbonyl (C=O) groups is 2. The lowest BCUT2D eigenvalue weighted by Crippen LogP contribution is -2.12. The zero-order valence-corrected chi connectivity index (χ0v) is 5.80. The number of hydrogen-bond acceptors (Lipinski definition) is 2. The van der Waals surface area contributed by atoms with Crippen LogP contribution < -0.4 is 0 Å². The van der Waals surface area contributed by atoms with E-state index >= 15 is 0 Å². The van der Waals surface area contributed by atoms with Crippen LogP contribution in [0, 0.1) is 11.8 Å². The summed E-state index contributed by atoms with van der Waals surface area (Å²) < 4.78 is 0. The van der Waals surface area contributed by atoms with Crippen LogP contribution >= 0.6 is 0 Å². The molecule has 0 aliphatic heterocycles. The highest BCUT2D eigenvalue weighted by Crippen LogP contribution is 2.36. The first kappa shape index (κ1) is 6.08. The lowest BCUT2D eigenvalue weighted by molar-refractivity contribution is -0.136. The van der Waals surface area contributed by atoms with Gasteiger partial charge in [0.15, 0.2) is 0 Å². The van der Waals surface area contributed by atoms with Crippen LogP contribution in [0.2, 0.25) is 0 Å². The molecule has 0 aromatic rings. The van der Waals surface area contributed by atoms with Gasteiger partial charge in [-0.05, 0) is 19.3 Å². The van der Waals surface area contributed by atoms with Gasteiger partial charge in [0.05, 0.1) is 0 Å². The molecule has 0 radical (unpaired) electrons. The molecule has 2 heteroatoms. The molecule has 0 saturated heterocycles. The maximum absolute atomic E-state index is 11.0. The van der Waals surface area contributed by atoms with E-state index in [0.717, 1.165) is 25.7 Å². The van der Waals surface area contributed by atoms with Gasteiger partial charge in [0, 0.05) is 11.8 Å². The van der Waals surface area contributed by atoms with Gasteiger partial charge in [-0.1, -0.05) is 6.42 Å². The topological polar surface area (TPSA) is 34.1 Å². The SMILES string of the molecule is O=C1C(=O)[C@H]2CCC[C@H]1C2. The average molecular weight is 138 g/mol. The number of rotatable bonds is 0. The molecule has 0 N–H and O–H groups in total. The van der Waals surface area contributed by atoms with Crippen molar-refractivity contribution < 1.29 is 9.59 Å². The van der Waals surface area contributed by atoms with Gasteiger partial charge < -0.3 is 0 Å². The summed E-state index contributed by atoms with van der Waals surface area (Å²) in [5.74, 6) is 0.0718. The molecule has 0 amide bonds. The Morgan fingerprint density at radius 2 is 1.50 bits per heavy atom. The van der Waals surface area contributed by atoms with Crippen molar-refractivity contribution in [1.29, 1.82) is 0 Å². The molecule has 54 valence electrons. The Morgan fingerprint density at radius 3 is 1.90 bits per heavy atom. The summed E-state index contributed by atoms with van der Waals surface area (Å²) in [7, 11) is 0. The highest BCUT2D eigenvalue weighted by Gasteiger charge is 2.42. The van der Waals surface area contributed by atoms with Crippen molar-refractivity contribution in [3.63, 3.8) is 0 Å². The monoisotopic (exact) mass is 138 g/mol. The van der Waals surface area contributed by atoms with Crippen LogP contribution in [0.4, 0.5) is 0 Å². The van der Waals surface area contributed by atoms with Crippen LogP contribution in [-0.4, -0.2) is 11.6 Å². The molecule has 0 unspecified atom stereocenters. The number of Topliss-reactive ketones (excluding diaryl/α,β-unsaturated/α-hetero) is 2. The second kappa shape index (κ2) is 1.91. The standard InChI is InChI=1S/C8H10O2/c9-7-5-2-1-3-6(4-5)8(7)10/h5-6H,1-4H2/t5-,6-/m0/s1. The predicted octanol–water partition coefficient (Wildman–Crippen LogP) is 0.945. The van der Waals surface area contributed by atoms with Crippen LogP contribution in [0.3, 0.4) is 0 Å². The number of hydrogen-bond donors (Lipinski definition) is 0. The minimum atomic E-state index is -0.0810. The molecule has 2 rings (SSSR count). The summed E-state index contributed by atoms with van der Waals surface area (Å²) in [6.07, 6.45) is 3.85. The van der Waals surface area contributed by atoms with Crippen LogP contribution in [0.15, 0.2) is 0 Å².